The molecule has 1 fully saturated rings. The topological polar surface area (TPSA) is 88.2 Å². The average molecular weight is 369 g/mol. The van der Waals surface area contributed by atoms with Crippen LogP contribution in [-0.2, 0) is 0 Å². The highest BCUT2D eigenvalue weighted by Gasteiger charge is 2.17. The van der Waals surface area contributed by atoms with Gasteiger partial charge < -0.3 is 20.7 Å². The minimum Gasteiger partial charge on any atom is -0.491 e. The molecule has 2 aromatic rings. The summed E-state index contributed by atoms with van der Waals surface area (Å²) in [6.07, 6.45) is 6.11. The molecule has 0 saturated carbocycles. The molecule has 1 aliphatic rings. The molecule has 1 aromatic carbocycles. The van der Waals surface area contributed by atoms with Crippen LogP contribution in [0.3, 0.4) is 0 Å². The largest absolute Gasteiger partial charge is 0.491 e. The van der Waals surface area contributed by atoms with E-state index in [1.165, 1.54) is 6.20 Å². The number of hydrogen-bond donors (Lipinski definition) is 3. The van der Waals surface area contributed by atoms with Crippen molar-refractivity contribution in [1.82, 2.24) is 20.6 Å². The van der Waals surface area contributed by atoms with E-state index in [-0.39, 0.29) is 18.1 Å². The molecule has 1 saturated heterocycles. The Morgan fingerprint density at radius 3 is 2.59 bits per heavy atom. The van der Waals surface area contributed by atoms with E-state index >= 15 is 0 Å². The molecule has 144 valence electrons. The Bertz CT molecular complexity index is 727. The maximum Gasteiger partial charge on any atom is 0.271 e. The van der Waals surface area contributed by atoms with Gasteiger partial charge in [-0.15, -0.1) is 0 Å². The monoisotopic (exact) mass is 369 g/mol. The minimum absolute atomic E-state index is 0.174. The third-order valence-electron chi connectivity index (χ3n) is 4.60. The number of piperidine rings is 1. The van der Waals surface area contributed by atoms with Gasteiger partial charge >= 0.3 is 0 Å². The second kappa shape index (κ2) is 9.32. The first-order valence-corrected chi connectivity index (χ1v) is 9.51. The summed E-state index contributed by atoms with van der Waals surface area (Å²) in [6.45, 7) is 6.00. The summed E-state index contributed by atoms with van der Waals surface area (Å²) in [5, 5.41) is 9.47. The maximum atomic E-state index is 12.3. The lowest BCUT2D eigenvalue weighted by atomic mass is 10.1. The van der Waals surface area contributed by atoms with Crippen LogP contribution in [0.1, 0.15) is 43.6 Å². The molecule has 0 aliphatic carbocycles. The highest BCUT2D eigenvalue weighted by Crippen LogP contribution is 2.20. The van der Waals surface area contributed by atoms with Crippen molar-refractivity contribution < 1.29 is 9.53 Å². The van der Waals surface area contributed by atoms with Crippen molar-refractivity contribution >= 4 is 17.4 Å². The molecule has 1 unspecified atom stereocenters. The molecular formula is C20H27N5O2. The van der Waals surface area contributed by atoms with Crippen molar-refractivity contribution in [3.05, 3.63) is 42.4 Å². The SMILES string of the molecule is CCC(C)Oc1ccc(Nc2cnc(C(=O)NC3CCNCC3)cn2)cc1. The molecule has 1 atom stereocenters. The number of hydrogen-bond acceptors (Lipinski definition) is 6. The van der Waals surface area contributed by atoms with Gasteiger partial charge in [0.1, 0.15) is 17.3 Å². The van der Waals surface area contributed by atoms with E-state index in [9.17, 15) is 4.79 Å². The van der Waals surface area contributed by atoms with E-state index in [0.717, 1.165) is 43.8 Å². The number of ether oxygens (including phenoxy) is 1. The van der Waals surface area contributed by atoms with Crippen molar-refractivity contribution in [3.63, 3.8) is 0 Å². The number of anilines is 2. The van der Waals surface area contributed by atoms with Crippen LogP contribution < -0.4 is 20.7 Å². The number of carbonyl (C=O) groups is 1. The summed E-state index contributed by atoms with van der Waals surface area (Å²) in [7, 11) is 0. The highest BCUT2D eigenvalue weighted by molar-refractivity contribution is 5.92. The summed E-state index contributed by atoms with van der Waals surface area (Å²) >= 11 is 0. The fourth-order valence-corrected chi connectivity index (χ4v) is 2.82. The average Bonchev–Trinajstić information content (AvgIpc) is 2.70. The van der Waals surface area contributed by atoms with E-state index < -0.39 is 0 Å². The zero-order valence-electron chi connectivity index (χ0n) is 15.9. The van der Waals surface area contributed by atoms with Gasteiger partial charge in [-0.1, -0.05) is 6.92 Å². The molecule has 1 aliphatic heterocycles. The standard InChI is InChI=1S/C20H27N5O2/c1-3-14(2)27-17-6-4-15(5-7-17)24-19-13-22-18(12-23-19)20(26)25-16-8-10-21-11-9-16/h4-7,12-14,16,21H,3,8-11H2,1-2H3,(H,23,24)(H,25,26). The van der Waals surface area contributed by atoms with Crippen LogP contribution in [-0.4, -0.2) is 41.1 Å². The van der Waals surface area contributed by atoms with Gasteiger partial charge in [0.05, 0.1) is 18.5 Å². The first-order chi connectivity index (χ1) is 13.1. The van der Waals surface area contributed by atoms with Gasteiger partial charge in [-0.05, 0) is 63.5 Å². The van der Waals surface area contributed by atoms with Gasteiger partial charge in [0, 0.05) is 11.7 Å². The van der Waals surface area contributed by atoms with Crippen molar-refractivity contribution in [2.45, 2.75) is 45.3 Å². The normalized spacial score (nSPS) is 15.8. The molecule has 2 heterocycles. The number of nitrogens with zero attached hydrogens (tertiary/aromatic N) is 2. The minimum atomic E-state index is -0.174. The second-order valence-electron chi connectivity index (χ2n) is 6.77. The zero-order valence-corrected chi connectivity index (χ0v) is 15.9. The molecule has 7 heteroatoms. The van der Waals surface area contributed by atoms with E-state index in [1.54, 1.807) is 6.20 Å². The fourth-order valence-electron chi connectivity index (χ4n) is 2.82. The van der Waals surface area contributed by atoms with E-state index in [2.05, 4.69) is 32.8 Å². The van der Waals surface area contributed by atoms with Gasteiger partial charge in [-0.25, -0.2) is 9.97 Å². The molecule has 0 spiro atoms. The van der Waals surface area contributed by atoms with E-state index in [0.29, 0.717) is 11.5 Å². The highest BCUT2D eigenvalue weighted by atomic mass is 16.5. The van der Waals surface area contributed by atoms with Crippen LogP contribution in [0.5, 0.6) is 5.75 Å². The lowest BCUT2D eigenvalue weighted by Gasteiger charge is -2.23. The molecular weight excluding hydrogens is 342 g/mol. The van der Waals surface area contributed by atoms with Crippen LogP contribution >= 0.6 is 0 Å². The second-order valence-corrected chi connectivity index (χ2v) is 6.77. The van der Waals surface area contributed by atoms with Crippen molar-refractivity contribution in [2.75, 3.05) is 18.4 Å². The van der Waals surface area contributed by atoms with Crippen LogP contribution in [0.15, 0.2) is 36.7 Å². The van der Waals surface area contributed by atoms with E-state index in [1.807, 2.05) is 31.2 Å². The van der Waals surface area contributed by atoms with E-state index in [4.69, 9.17) is 4.74 Å². The molecule has 0 bridgehead atoms. The molecule has 3 N–H and O–H groups in total. The number of benzene rings is 1. The summed E-state index contributed by atoms with van der Waals surface area (Å²) in [5.74, 6) is 1.25. The quantitative estimate of drug-likeness (QED) is 0.696. The van der Waals surface area contributed by atoms with Gasteiger partial charge in [0.25, 0.3) is 5.91 Å². The summed E-state index contributed by atoms with van der Waals surface area (Å²) in [5.41, 5.74) is 1.21. The van der Waals surface area contributed by atoms with Crippen LogP contribution in [0.4, 0.5) is 11.5 Å². The Kier molecular flexibility index (Phi) is 6.59. The molecule has 1 aromatic heterocycles. The predicted octanol–water partition coefficient (Wildman–Crippen LogP) is 2.88. The van der Waals surface area contributed by atoms with Crippen LogP contribution in [0.2, 0.25) is 0 Å². The summed E-state index contributed by atoms with van der Waals surface area (Å²) in [4.78, 5) is 20.8. The number of aromatic nitrogens is 2. The van der Waals surface area contributed by atoms with Gasteiger partial charge in [-0.2, -0.15) is 0 Å². The number of amides is 1. The van der Waals surface area contributed by atoms with Crippen LogP contribution in [0.25, 0.3) is 0 Å². The lowest BCUT2D eigenvalue weighted by molar-refractivity contribution is 0.0924. The Balaban J connectivity index is 1.54. The predicted molar refractivity (Wildman–Crippen MR) is 105 cm³/mol. The lowest BCUT2D eigenvalue weighted by Crippen LogP contribution is -2.42. The van der Waals surface area contributed by atoms with Gasteiger partial charge in [0.2, 0.25) is 0 Å². The fraction of sp³-hybridized carbons (Fsp3) is 0.450. The summed E-state index contributed by atoms with van der Waals surface area (Å²) < 4.78 is 5.77. The summed E-state index contributed by atoms with van der Waals surface area (Å²) in [6, 6.07) is 7.90. The number of nitrogens with one attached hydrogen (secondary N) is 3. The maximum absolute atomic E-state index is 12.3. The third kappa shape index (κ3) is 5.65. The smallest absolute Gasteiger partial charge is 0.271 e. The molecule has 0 radical (unpaired) electrons. The first kappa shape index (κ1) is 19.1. The number of carbonyl (C=O) groups excluding carboxylic acids is 1. The molecule has 7 nitrogen and oxygen atoms in total. The Morgan fingerprint density at radius 2 is 1.96 bits per heavy atom. The first-order valence-electron chi connectivity index (χ1n) is 9.51. The van der Waals surface area contributed by atoms with Gasteiger partial charge in [0.15, 0.2) is 0 Å². The zero-order chi connectivity index (χ0) is 19.1. The number of rotatable bonds is 7. The molecule has 27 heavy (non-hydrogen) atoms. The van der Waals surface area contributed by atoms with Crippen molar-refractivity contribution in [1.29, 1.82) is 0 Å². The Labute approximate surface area is 159 Å². The van der Waals surface area contributed by atoms with Crippen molar-refractivity contribution in [2.24, 2.45) is 0 Å². The Morgan fingerprint density at radius 1 is 1.22 bits per heavy atom. The third-order valence-corrected chi connectivity index (χ3v) is 4.60. The van der Waals surface area contributed by atoms with Gasteiger partial charge in [-0.3, -0.25) is 4.79 Å². The van der Waals surface area contributed by atoms with Crippen LogP contribution in [0, 0.1) is 0 Å². The van der Waals surface area contributed by atoms with Crippen molar-refractivity contribution in [3.8, 4) is 5.75 Å². The molecule has 1 amide bonds. The molecule has 3 rings (SSSR count). The Hall–Kier alpha value is -2.67.